The highest BCUT2D eigenvalue weighted by Crippen LogP contribution is 2.25. The molecule has 0 saturated heterocycles. The second-order valence-corrected chi connectivity index (χ2v) is 8.97. The van der Waals surface area contributed by atoms with Gasteiger partial charge in [0.25, 0.3) is 0 Å². The molecule has 2 N–H and O–H groups in total. The summed E-state index contributed by atoms with van der Waals surface area (Å²) >= 11 is 6.44. The minimum atomic E-state index is -0.154. The maximum absolute atomic E-state index is 11.8. The molecule has 0 spiro atoms. The standard InChI is InChI=1S/C15H19N3OS2.C10H12O2/c1-11(20)16-10-6-2-3-9-14(19)18-15-17-12-7-4-5-8-13(12)21-15;1-2-10(11)12-8-9-6-4-3-5-7-9/h4-5,7-8H,2-3,6,9-10H2,1H3,(H,16,20)(H,17,18,19);3-7H,2,8H2,1H3. The van der Waals surface area contributed by atoms with Crippen LogP contribution < -0.4 is 10.6 Å². The van der Waals surface area contributed by atoms with Gasteiger partial charge in [-0.15, -0.1) is 0 Å². The van der Waals surface area contributed by atoms with E-state index < -0.39 is 0 Å². The zero-order chi connectivity index (χ0) is 23.9. The molecule has 1 amide bonds. The van der Waals surface area contributed by atoms with Crippen molar-refractivity contribution in [2.75, 3.05) is 11.9 Å². The first kappa shape index (κ1) is 26.4. The average molecular weight is 486 g/mol. The second-order valence-electron chi connectivity index (χ2n) is 7.33. The van der Waals surface area contributed by atoms with Crippen LogP contribution in [0.25, 0.3) is 10.2 Å². The van der Waals surface area contributed by atoms with E-state index in [4.69, 9.17) is 17.0 Å². The van der Waals surface area contributed by atoms with Crippen molar-refractivity contribution in [3.63, 3.8) is 0 Å². The number of fused-ring (bicyclic) bond motifs is 1. The topological polar surface area (TPSA) is 80.3 Å². The molecule has 1 aromatic heterocycles. The SMILES string of the molecule is CC(=S)NCCCCCC(=O)Nc1nc2ccccc2s1.CCC(=O)OCc1ccccc1. The molecule has 0 aliphatic rings. The van der Waals surface area contributed by atoms with Crippen molar-refractivity contribution in [1.29, 1.82) is 0 Å². The maximum Gasteiger partial charge on any atom is 0.305 e. The maximum atomic E-state index is 11.8. The molecule has 33 heavy (non-hydrogen) atoms. The first-order chi connectivity index (χ1) is 16.0. The smallest absolute Gasteiger partial charge is 0.305 e. The first-order valence-corrected chi connectivity index (χ1v) is 12.3. The van der Waals surface area contributed by atoms with E-state index in [1.54, 1.807) is 6.92 Å². The fourth-order valence-corrected chi connectivity index (χ4v) is 3.78. The molecule has 2 aromatic carbocycles. The van der Waals surface area contributed by atoms with Gasteiger partial charge in [-0.3, -0.25) is 9.59 Å². The number of carbonyl (C=O) groups is 2. The Morgan fingerprint density at radius 2 is 1.76 bits per heavy atom. The van der Waals surface area contributed by atoms with Crippen LogP contribution >= 0.6 is 23.6 Å². The second kappa shape index (κ2) is 15.1. The lowest BCUT2D eigenvalue weighted by Gasteiger charge is -2.04. The van der Waals surface area contributed by atoms with Crippen LogP contribution in [-0.4, -0.2) is 28.4 Å². The van der Waals surface area contributed by atoms with Crippen molar-refractivity contribution in [2.45, 2.75) is 52.6 Å². The summed E-state index contributed by atoms with van der Waals surface area (Å²) in [5, 5.41) is 6.66. The van der Waals surface area contributed by atoms with Crippen LogP contribution in [-0.2, 0) is 20.9 Å². The fraction of sp³-hybridized carbons (Fsp3) is 0.360. The van der Waals surface area contributed by atoms with E-state index in [-0.39, 0.29) is 11.9 Å². The minimum Gasteiger partial charge on any atom is -0.461 e. The molecule has 0 atom stereocenters. The summed E-state index contributed by atoms with van der Waals surface area (Å²) < 4.78 is 6.03. The third-order valence-electron chi connectivity index (χ3n) is 4.53. The Kier molecular flexibility index (Phi) is 12.1. The Hall–Kier alpha value is -2.84. The Labute approximate surface area is 204 Å². The highest BCUT2D eigenvalue weighted by atomic mass is 32.1. The number of hydrogen-bond acceptors (Lipinski definition) is 6. The first-order valence-electron chi connectivity index (χ1n) is 11.1. The predicted molar refractivity (Wildman–Crippen MR) is 140 cm³/mol. The number of nitrogens with one attached hydrogen (secondary N) is 2. The van der Waals surface area contributed by atoms with Gasteiger partial charge < -0.3 is 15.4 Å². The highest BCUT2D eigenvalue weighted by Gasteiger charge is 2.07. The molecule has 1 heterocycles. The number of esters is 1. The number of nitrogens with zero attached hydrogens (tertiary/aromatic N) is 1. The number of hydrogen-bond donors (Lipinski definition) is 2. The summed E-state index contributed by atoms with van der Waals surface area (Å²) in [5.74, 6) is -0.119. The molecule has 0 aliphatic heterocycles. The predicted octanol–water partition coefficient (Wildman–Crippen LogP) is 5.87. The lowest BCUT2D eigenvalue weighted by atomic mass is 10.2. The summed E-state index contributed by atoms with van der Waals surface area (Å²) in [6.45, 7) is 4.93. The van der Waals surface area contributed by atoms with E-state index in [0.29, 0.717) is 24.6 Å². The molecule has 0 unspecified atom stereocenters. The molecule has 6 nitrogen and oxygen atoms in total. The van der Waals surface area contributed by atoms with Gasteiger partial charge in [0.1, 0.15) is 6.61 Å². The number of unbranched alkanes of at least 4 members (excludes halogenated alkanes) is 2. The van der Waals surface area contributed by atoms with Gasteiger partial charge in [0.15, 0.2) is 5.13 Å². The van der Waals surface area contributed by atoms with Crippen LogP contribution in [0, 0.1) is 0 Å². The van der Waals surface area contributed by atoms with Crippen molar-refractivity contribution in [2.24, 2.45) is 0 Å². The van der Waals surface area contributed by atoms with E-state index in [9.17, 15) is 9.59 Å². The zero-order valence-electron chi connectivity index (χ0n) is 19.1. The van der Waals surface area contributed by atoms with Gasteiger partial charge >= 0.3 is 5.97 Å². The van der Waals surface area contributed by atoms with Crippen LogP contribution in [0.1, 0.15) is 51.5 Å². The normalized spacial score (nSPS) is 10.1. The summed E-state index contributed by atoms with van der Waals surface area (Å²) in [5.41, 5.74) is 1.96. The minimum absolute atomic E-state index is 0.0352. The monoisotopic (exact) mass is 485 g/mol. The number of anilines is 1. The number of thiocarbonyl (C=S) groups is 1. The molecular formula is C25H31N3O3S2. The molecule has 0 saturated carbocycles. The number of para-hydroxylation sites is 1. The van der Waals surface area contributed by atoms with Crippen molar-refractivity contribution in [3.05, 3.63) is 60.2 Å². The lowest BCUT2D eigenvalue weighted by Crippen LogP contribution is -2.19. The van der Waals surface area contributed by atoms with E-state index in [2.05, 4.69) is 15.6 Å². The number of rotatable bonds is 10. The summed E-state index contributed by atoms with van der Waals surface area (Å²) in [7, 11) is 0. The molecule has 3 aromatic rings. The fourth-order valence-electron chi connectivity index (χ4n) is 2.80. The van der Waals surface area contributed by atoms with Gasteiger partial charge in [-0.2, -0.15) is 0 Å². The molecular weight excluding hydrogens is 454 g/mol. The Bertz CT molecular complexity index is 989. The third-order valence-corrected chi connectivity index (χ3v) is 5.62. The zero-order valence-corrected chi connectivity index (χ0v) is 20.8. The number of thiazole rings is 1. The van der Waals surface area contributed by atoms with Crippen molar-refractivity contribution in [1.82, 2.24) is 10.3 Å². The van der Waals surface area contributed by atoms with Gasteiger partial charge in [0.2, 0.25) is 5.91 Å². The van der Waals surface area contributed by atoms with Crippen molar-refractivity contribution in [3.8, 4) is 0 Å². The lowest BCUT2D eigenvalue weighted by molar-refractivity contribution is -0.144. The number of benzene rings is 2. The van der Waals surface area contributed by atoms with Gasteiger partial charge in [-0.1, -0.05) is 79.4 Å². The molecule has 176 valence electrons. The van der Waals surface area contributed by atoms with Gasteiger partial charge in [0.05, 0.1) is 15.2 Å². The molecule has 8 heteroatoms. The van der Waals surface area contributed by atoms with Crippen LogP contribution in [0.4, 0.5) is 5.13 Å². The van der Waals surface area contributed by atoms with Crippen LogP contribution in [0.2, 0.25) is 0 Å². The average Bonchev–Trinajstić information content (AvgIpc) is 3.22. The highest BCUT2D eigenvalue weighted by molar-refractivity contribution is 7.80. The van der Waals surface area contributed by atoms with E-state index >= 15 is 0 Å². The van der Waals surface area contributed by atoms with E-state index in [1.807, 2.05) is 61.5 Å². The van der Waals surface area contributed by atoms with Gasteiger partial charge in [0, 0.05) is 19.4 Å². The van der Waals surface area contributed by atoms with Crippen LogP contribution in [0.5, 0.6) is 0 Å². The number of carbonyl (C=O) groups excluding carboxylic acids is 2. The molecule has 3 rings (SSSR count). The van der Waals surface area contributed by atoms with Gasteiger partial charge in [-0.25, -0.2) is 4.98 Å². The third kappa shape index (κ3) is 11.0. The summed E-state index contributed by atoms with van der Waals surface area (Å²) in [6.07, 6.45) is 3.90. The van der Waals surface area contributed by atoms with Crippen molar-refractivity contribution < 1.29 is 14.3 Å². The van der Waals surface area contributed by atoms with Crippen LogP contribution in [0.3, 0.4) is 0 Å². The molecule has 0 radical (unpaired) electrons. The summed E-state index contributed by atoms with van der Waals surface area (Å²) in [6, 6.07) is 17.5. The Balaban J connectivity index is 0.000000273. The van der Waals surface area contributed by atoms with Gasteiger partial charge in [-0.05, 0) is 37.5 Å². The number of amides is 1. The van der Waals surface area contributed by atoms with E-state index in [1.165, 1.54) is 11.3 Å². The molecule has 0 bridgehead atoms. The largest absolute Gasteiger partial charge is 0.461 e. The Morgan fingerprint density at radius 1 is 1.03 bits per heavy atom. The number of ether oxygens (including phenoxy) is 1. The molecule has 0 fully saturated rings. The Morgan fingerprint density at radius 3 is 2.45 bits per heavy atom. The van der Waals surface area contributed by atoms with E-state index in [0.717, 1.165) is 46.6 Å². The number of aromatic nitrogens is 1. The quantitative estimate of drug-likeness (QED) is 0.212. The molecule has 0 aliphatic carbocycles. The van der Waals surface area contributed by atoms with Crippen LogP contribution in [0.15, 0.2) is 54.6 Å². The summed E-state index contributed by atoms with van der Waals surface area (Å²) in [4.78, 5) is 27.8. The van der Waals surface area contributed by atoms with Crippen molar-refractivity contribution >= 4 is 55.8 Å².